The molecule has 0 heterocycles. The maximum atomic E-state index is 13.3. The van der Waals surface area contributed by atoms with Crippen LogP contribution in [0.1, 0.15) is 24.8 Å². The van der Waals surface area contributed by atoms with Crippen LogP contribution in [0.5, 0.6) is 0 Å². The van der Waals surface area contributed by atoms with Gasteiger partial charge in [0.25, 0.3) is 0 Å². The molecular formula is C14H17F2NO2. The molecule has 1 aliphatic rings. The zero-order chi connectivity index (χ0) is 13.9. The fraction of sp³-hybridized carbons (Fsp3) is 0.500. The Kier molecular flexibility index (Phi) is 4.14. The molecule has 1 saturated carbocycles. The molecule has 2 rings (SSSR count). The van der Waals surface area contributed by atoms with Crippen LogP contribution in [0, 0.1) is 5.92 Å². The minimum Gasteiger partial charge on any atom is -0.481 e. The summed E-state index contributed by atoms with van der Waals surface area (Å²) in [5, 5.41) is 12.2. The molecule has 1 aromatic carbocycles. The lowest BCUT2D eigenvalue weighted by Gasteiger charge is -2.34. The number of hydrogen-bond donors (Lipinski definition) is 2. The van der Waals surface area contributed by atoms with Crippen molar-refractivity contribution in [3.63, 3.8) is 0 Å². The first-order chi connectivity index (χ1) is 8.98. The van der Waals surface area contributed by atoms with Gasteiger partial charge < -0.3 is 10.4 Å². The average Bonchev–Trinajstić information content (AvgIpc) is 2.37. The highest BCUT2D eigenvalue weighted by Gasteiger charge is 2.44. The van der Waals surface area contributed by atoms with E-state index in [1.165, 1.54) is 0 Å². The standard InChI is InChI=1S/C14H17F2NO2/c15-14(16)7-6-12(11(8-14)13(18)19)17-9-10-4-2-1-3-5-10/h1-5,11-12,17H,6-9H2,(H,18,19)/t11-,12-/m1/s1. The van der Waals surface area contributed by atoms with Crippen molar-refractivity contribution in [3.8, 4) is 0 Å². The molecule has 0 unspecified atom stereocenters. The van der Waals surface area contributed by atoms with Crippen molar-refractivity contribution >= 4 is 5.97 Å². The molecule has 1 aliphatic carbocycles. The molecule has 0 aromatic heterocycles. The summed E-state index contributed by atoms with van der Waals surface area (Å²) in [6.45, 7) is 0.501. The van der Waals surface area contributed by atoms with Gasteiger partial charge in [-0.05, 0) is 12.0 Å². The molecule has 5 heteroatoms. The highest BCUT2D eigenvalue weighted by molar-refractivity contribution is 5.71. The number of carboxylic acid groups (broad SMARTS) is 1. The van der Waals surface area contributed by atoms with E-state index in [9.17, 15) is 13.6 Å². The van der Waals surface area contributed by atoms with Crippen molar-refractivity contribution in [3.05, 3.63) is 35.9 Å². The second-order valence-corrected chi connectivity index (χ2v) is 5.02. The predicted molar refractivity (Wildman–Crippen MR) is 67.0 cm³/mol. The van der Waals surface area contributed by atoms with E-state index >= 15 is 0 Å². The fourth-order valence-corrected chi connectivity index (χ4v) is 2.48. The van der Waals surface area contributed by atoms with Crippen LogP contribution in [-0.2, 0) is 11.3 Å². The van der Waals surface area contributed by atoms with Crippen LogP contribution in [0.15, 0.2) is 30.3 Å². The van der Waals surface area contributed by atoms with Gasteiger partial charge in [-0.2, -0.15) is 0 Å². The SMILES string of the molecule is O=C(O)[C@@H]1CC(F)(F)CC[C@H]1NCc1ccccc1. The molecule has 0 aliphatic heterocycles. The molecule has 0 saturated heterocycles. The number of nitrogens with one attached hydrogen (secondary N) is 1. The van der Waals surface area contributed by atoms with Crippen molar-refractivity contribution in [1.82, 2.24) is 5.32 Å². The quantitative estimate of drug-likeness (QED) is 0.883. The molecular weight excluding hydrogens is 252 g/mol. The summed E-state index contributed by atoms with van der Waals surface area (Å²) in [6.07, 6.45) is -0.630. The highest BCUT2D eigenvalue weighted by Crippen LogP contribution is 2.37. The van der Waals surface area contributed by atoms with Gasteiger partial charge in [0.05, 0.1) is 5.92 Å². The predicted octanol–water partition coefficient (Wildman–Crippen LogP) is 2.66. The second-order valence-electron chi connectivity index (χ2n) is 5.02. The smallest absolute Gasteiger partial charge is 0.308 e. The molecule has 0 bridgehead atoms. The Hall–Kier alpha value is -1.49. The number of rotatable bonds is 4. The normalized spacial score (nSPS) is 26.0. The van der Waals surface area contributed by atoms with Crippen molar-refractivity contribution in [1.29, 1.82) is 0 Å². The van der Waals surface area contributed by atoms with E-state index in [-0.39, 0.29) is 12.8 Å². The number of benzene rings is 1. The van der Waals surface area contributed by atoms with Gasteiger partial charge in [0.15, 0.2) is 0 Å². The van der Waals surface area contributed by atoms with Gasteiger partial charge in [-0.25, -0.2) is 8.78 Å². The van der Waals surface area contributed by atoms with Crippen LogP contribution in [0.4, 0.5) is 8.78 Å². The average molecular weight is 269 g/mol. The summed E-state index contributed by atoms with van der Waals surface area (Å²) in [6, 6.07) is 9.12. The monoisotopic (exact) mass is 269 g/mol. The van der Waals surface area contributed by atoms with Gasteiger partial charge in [0.1, 0.15) is 0 Å². The third kappa shape index (κ3) is 3.73. The number of alkyl halides is 2. The Balaban J connectivity index is 1.97. The van der Waals surface area contributed by atoms with E-state index in [1.54, 1.807) is 0 Å². The molecule has 0 radical (unpaired) electrons. The van der Waals surface area contributed by atoms with Crippen LogP contribution < -0.4 is 5.32 Å². The first-order valence-corrected chi connectivity index (χ1v) is 6.36. The van der Waals surface area contributed by atoms with Gasteiger partial charge in [-0.15, -0.1) is 0 Å². The van der Waals surface area contributed by atoms with Gasteiger partial charge in [0.2, 0.25) is 5.92 Å². The molecule has 0 spiro atoms. The molecule has 1 aromatic rings. The van der Waals surface area contributed by atoms with Gasteiger partial charge >= 0.3 is 5.97 Å². The maximum Gasteiger partial charge on any atom is 0.308 e. The van der Waals surface area contributed by atoms with E-state index in [0.29, 0.717) is 6.54 Å². The topological polar surface area (TPSA) is 49.3 Å². The number of carbonyl (C=O) groups is 1. The minimum atomic E-state index is -2.85. The first kappa shape index (κ1) is 13.9. The van der Waals surface area contributed by atoms with E-state index in [4.69, 9.17) is 5.11 Å². The second kappa shape index (κ2) is 5.65. The Morgan fingerprint density at radius 1 is 1.37 bits per heavy atom. The molecule has 0 amide bonds. The lowest BCUT2D eigenvalue weighted by Crippen LogP contribution is -2.47. The summed E-state index contributed by atoms with van der Waals surface area (Å²) in [5.41, 5.74) is 1.02. The van der Waals surface area contributed by atoms with Crippen LogP contribution in [0.25, 0.3) is 0 Å². The van der Waals surface area contributed by atoms with Crippen LogP contribution >= 0.6 is 0 Å². The molecule has 3 nitrogen and oxygen atoms in total. The van der Waals surface area contributed by atoms with Crippen molar-refractivity contribution < 1.29 is 18.7 Å². The zero-order valence-electron chi connectivity index (χ0n) is 10.5. The van der Waals surface area contributed by atoms with Crippen LogP contribution in [-0.4, -0.2) is 23.0 Å². The van der Waals surface area contributed by atoms with Gasteiger partial charge in [-0.1, -0.05) is 30.3 Å². The number of aliphatic carboxylic acids is 1. The molecule has 2 N–H and O–H groups in total. The largest absolute Gasteiger partial charge is 0.481 e. The van der Waals surface area contributed by atoms with Gasteiger partial charge in [-0.3, -0.25) is 4.79 Å². The van der Waals surface area contributed by atoms with E-state index < -0.39 is 30.3 Å². The first-order valence-electron chi connectivity index (χ1n) is 6.36. The van der Waals surface area contributed by atoms with E-state index in [0.717, 1.165) is 5.56 Å². The molecule has 2 atom stereocenters. The molecule has 104 valence electrons. The van der Waals surface area contributed by atoms with E-state index in [2.05, 4.69) is 5.32 Å². The number of halogens is 2. The zero-order valence-corrected chi connectivity index (χ0v) is 10.5. The maximum absolute atomic E-state index is 13.3. The third-order valence-electron chi connectivity index (χ3n) is 3.55. The minimum absolute atomic E-state index is 0.191. The molecule has 19 heavy (non-hydrogen) atoms. The lowest BCUT2D eigenvalue weighted by atomic mass is 9.82. The number of carboxylic acids is 1. The van der Waals surface area contributed by atoms with Crippen molar-refractivity contribution in [2.24, 2.45) is 5.92 Å². The van der Waals surface area contributed by atoms with E-state index in [1.807, 2.05) is 30.3 Å². The summed E-state index contributed by atoms with van der Waals surface area (Å²) < 4.78 is 26.5. The summed E-state index contributed by atoms with van der Waals surface area (Å²) in [4.78, 5) is 11.1. The Labute approximate surface area is 110 Å². The third-order valence-corrected chi connectivity index (χ3v) is 3.55. The summed E-state index contributed by atoms with van der Waals surface area (Å²) in [5.74, 6) is -5.02. The van der Waals surface area contributed by atoms with Crippen molar-refractivity contribution in [2.45, 2.75) is 37.8 Å². The van der Waals surface area contributed by atoms with Crippen LogP contribution in [0.2, 0.25) is 0 Å². The summed E-state index contributed by atoms with van der Waals surface area (Å²) in [7, 11) is 0. The Bertz CT molecular complexity index is 436. The fourth-order valence-electron chi connectivity index (χ4n) is 2.48. The number of hydrogen-bond acceptors (Lipinski definition) is 2. The van der Waals surface area contributed by atoms with Crippen LogP contribution in [0.3, 0.4) is 0 Å². The highest BCUT2D eigenvalue weighted by atomic mass is 19.3. The van der Waals surface area contributed by atoms with Crippen molar-refractivity contribution in [2.75, 3.05) is 0 Å². The molecule has 1 fully saturated rings. The lowest BCUT2D eigenvalue weighted by molar-refractivity contribution is -0.151. The van der Waals surface area contributed by atoms with Gasteiger partial charge in [0, 0.05) is 25.4 Å². The Morgan fingerprint density at radius 2 is 2.05 bits per heavy atom. The summed E-state index contributed by atoms with van der Waals surface area (Å²) >= 11 is 0. The Morgan fingerprint density at radius 3 is 2.68 bits per heavy atom.